The van der Waals surface area contributed by atoms with E-state index >= 15 is 0 Å². The molecule has 0 aliphatic carbocycles. The Balaban J connectivity index is 2.73. The van der Waals surface area contributed by atoms with Crippen molar-refractivity contribution in [2.24, 2.45) is 13.0 Å². The molecule has 0 aromatic carbocycles. The van der Waals surface area contributed by atoms with Crippen molar-refractivity contribution in [1.29, 1.82) is 0 Å². The molecule has 0 bridgehead atoms. The van der Waals surface area contributed by atoms with Gasteiger partial charge in [-0.1, -0.05) is 13.8 Å². The molecule has 90 valence electrons. The Bertz CT molecular complexity index is 360. The molecule has 0 aliphatic rings. The number of nitrogens with one attached hydrogen (secondary N) is 1. The first kappa shape index (κ1) is 12.7. The van der Waals surface area contributed by atoms with E-state index < -0.39 is 12.0 Å². The molecule has 1 heterocycles. The van der Waals surface area contributed by atoms with Crippen LogP contribution in [0.25, 0.3) is 0 Å². The molecule has 0 aliphatic heterocycles. The number of rotatable bonds is 5. The van der Waals surface area contributed by atoms with Crippen molar-refractivity contribution >= 4 is 5.97 Å². The van der Waals surface area contributed by atoms with Crippen LogP contribution in [0.2, 0.25) is 0 Å². The molecule has 1 unspecified atom stereocenters. The predicted molar refractivity (Wildman–Crippen MR) is 61.0 cm³/mol. The average Bonchev–Trinajstić information content (AvgIpc) is 2.59. The zero-order chi connectivity index (χ0) is 12.3. The smallest absolute Gasteiger partial charge is 0.320 e. The van der Waals surface area contributed by atoms with Gasteiger partial charge in [0, 0.05) is 19.3 Å². The molecule has 1 rings (SSSR count). The number of carboxylic acids is 1. The number of nitrogens with zero attached hydrogens (tertiary/aromatic N) is 2. The highest BCUT2D eigenvalue weighted by Gasteiger charge is 2.24. The van der Waals surface area contributed by atoms with Crippen LogP contribution < -0.4 is 5.32 Å². The van der Waals surface area contributed by atoms with Gasteiger partial charge in [0.1, 0.15) is 6.04 Å². The zero-order valence-corrected chi connectivity index (χ0v) is 10.1. The molecule has 0 amide bonds. The van der Waals surface area contributed by atoms with Gasteiger partial charge in [-0.2, -0.15) is 0 Å². The molecule has 1 aromatic rings. The van der Waals surface area contributed by atoms with Crippen LogP contribution in [-0.4, -0.2) is 26.7 Å². The van der Waals surface area contributed by atoms with E-state index in [-0.39, 0.29) is 12.0 Å². The number of hydrogen-bond donors (Lipinski definition) is 2. The summed E-state index contributed by atoms with van der Waals surface area (Å²) in [6, 6.07) is -0.569. The fourth-order valence-electron chi connectivity index (χ4n) is 1.69. The highest BCUT2D eigenvalue weighted by atomic mass is 16.4. The lowest BCUT2D eigenvalue weighted by atomic mass is 10.0. The largest absolute Gasteiger partial charge is 0.480 e. The topological polar surface area (TPSA) is 67.2 Å². The molecule has 0 saturated heterocycles. The monoisotopic (exact) mass is 225 g/mol. The quantitative estimate of drug-likeness (QED) is 0.789. The molecule has 1 aromatic heterocycles. The molecule has 16 heavy (non-hydrogen) atoms. The minimum atomic E-state index is -0.816. The van der Waals surface area contributed by atoms with Crippen molar-refractivity contribution in [1.82, 2.24) is 14.9 Å². The van der Waals surface area contributed by atoms with Crippen LogP contribution in [0.15, 0.2) is 12.5 Å². The number of hydrogen-bond acceptors (Lipinski definition) is 3. The van der Waals surface area contributed by atoms with Gasteiger partial charge in [-0.3, -0.25) is 10.1 Å². The molecule has 0 fully saturated rings. The molecule has 2 N–H and O–H groups in total. The lowest BCUT2D eigenvalue weighted by molar-refractivity contribution is -0.140. The van der Waals surface area contributed by atoms with Gasteiger partial charge in [0.2, 0.25) is 0 Å². The SMILES string of the molecule is CC(N[C@H](C(=O)O)C(C)C)c1cncn1C. The van der Waals surface area contributed by atoms with E-state index in [2.05, 4.69) is 10.3 Å². The standard InChI is InChI=1S/C11H19N3O2/c1-7(2)10(11(15)16)13-8(3)9-5-12-6-14(9)4/h5-8,10,13H,1-4H3,(H,15,16)/t8?,10-/m0/s1. The summed E-state index contributed by atoms with van der Waals surface area (Å²) >= 11 is 0. The summed E-state index contributed by atoms with van der Waals surface area (Å²) in [6.45, 7) is 5.72. The first-order chi connectivity index (χ1) is 7.43. The maximum Gasteiger partial charge on any atom is 0.320 e. The number of aromatic nitrogens is 2. The second kappa shape index (κ2) is 5.12. The van der Waals surface area contributed by atoms with Gasteiger partial charge < -0.3 is 9.67 Å². The Morgan fingerprint density at radius 2 is 2.12 bits per heavy atom. The first-order valence-electron chi connectivity index (χ1n) is 5.38. The highest BCUT2D eigenvalue weighted by molar-refractivity contribution is 5.73. The van der Waals surface area contributed by atoms with E-state index in [0.717, 1.165) is 5.69 Å². The summed E-state index contributed by atoms with van der Waals surface area (Å²) in [5.41, 5.74) is 0.979. The predicted octanol–water partition coefficient (Wildman–Crippen LogP) is 1.18. The second-order valence-electron chi connectivity index (χ2n) is 4.38. The van der Waals surface area contributed by atoms with Gasteiger partial charge in [0.15, 0.2) is 0 Å². The summed E-state index contributed by atoms with van der Waals surface area (Å²) in [7, 11) is 1.89. The Labute approximate surface area is 95.5 Å². The van der Waals surface area contributed by atoms with E-state index in [1.165, 1.54) is 0 Å². The van der Waals surface area contributed by atoms with E-state index in [4.69, 9.17) is 5.11 Å². The van der Waals surface area contributed by atoms with Crippen molar-refractivity contribution in [2.75, 3.05) is 0 Å². The minimum Gasteiger partial charge on any atom is -0.480 e. The Kier molecular flexibility index (Phi) is 4.06. The number of aryl methyl sites for hydroxylation is 1. The summed E-state index contributed by atoms with van der Waals surface area (Å²) in [5, 5.41) is 12.2. The van der Waals surface area contributed by atoms with Gasteiger partial charge in [-0.25, -0.2) is 4.98 Å². The average molecular weight is 225 g/mol. The number of imidazole rings is 1. The van der Waals surface area contributed by atoms with E-state index in [9.17, 15) is 4.79 Å². The van der Waals surface area contributed by atoms with Crippen LogP contribution in [-0.2, 0) is 11.8 Å². The van der Waals surface area contributed by atoms with Crippen LogP contribution in [0.5, 0.6) is 0 Å². The van der Waals surface area contributed by atoms with Gasteiger partial charge in [-0.15, -0.1) is 0 Å². The number of carbonyl (C=O) groups is 1. The van der Waals surface area contributed by atoms with Crippen LogP contribution in [0.3, 0.4) is 0 Å². The van der Waals surface area contributed by atoms with Crippen molar-refractivity contribution < 1.29 is 9.90 Å². The number of aliphatic carboxylic acids is 1. The van der Waals surface area contributed by atoms with E-state index in [1.807, 2.05) is 32.4 Å². The molecule has 0 saturated carbocycles. The molecular weight excluding hydrogens is 206 g/mol. The third-order valence-corrected chi connectivity index (χ3v) is 2.66. The van der Waals surface area contributed by atoms with E-state index in [0.29, 0.717) is 0 Å². The first-order valence-corrected chi connectivity index (χ1v) is 5.38. The lowest BCUT2D eigenvalue weighted by Crippen LogP contribution is -2.42. The van der Waals surface area contributed by atoms with Gasteiger partial charge in [0.05, 0.1) is 12.0 Å². The zero-order valence-electron chi connectivity index (χ0n) is 10.1. The highest BCUT2D eigenvalue weighted by Crippen LogP contribution is 2.13. The Morgan fingerprint density at radius 1 is 1.50 bits per heavy atom. The van der Waals surface area contributed by atoms with Crippen molar-refractivity contribution in [3.63, 3.8) is 0 Å². The molecule has 0 radical (unpaired) electrons. The molecular formula is C11H19N3O2. The third-order valence-electron chi connectivity index (χ3n) is 2.66. The molecule has 2 atom stereocenters. The lowest BCUT2D eigenvalue weighted by Gasteiger charge is -2.23. The summed E-state index contributed by atoms with van der Waals surface area (Å²) in [5.74, 6) is -0.766. The normalized spacial score (nSPS) is 15.1. The van der Waals surface area contributed by atoms with Crippen LogP contribution in [0.1, 0.15) is 32.5 Å². The summed E-state index contributed by atoms with van der Waals surface area (Å²) in [4.78, 5) is 15.1. The second-order valence-corrected chi connectivity index (χ2v) is 4.38. The Morgan fingerprint density at radius 3 is 2.50 bits per heavy atom. The van der Waals surface area contributed by atoms with Gasteiger partial charge in [0.25, 0.3) is 0 Å². The summed E-state index contributed by atoms with van der Waals surface area (Å²) < 4.78 is 1.89. The van der Waals surface area contributed by atoms with Gasteiger partial charge >= 0.3 is 5.97 Å². The van der Waals surface area contributed by atoms with Gasteiger partial charge in [-0.05, 0) is 12.8 Å². The van der Waals surface area contributed by atoms with Crippen LogP contribution >= 0.6 is 0 Å². The maximum absolute atomic E-state index is 11.0. The molecule has 5 heteroatoms. The number of carboxylic acid groups (broad SMARTS) is 1. The van der Waals surface area contributed by atoms with Crippen molar-refractivity contribution in [2.45, 2.75) is 32.9 Å². The molecule has 5 nitrogen and oxygen atoms in total. The van der Waals surface area contributed by atoms with Crippen molar-refractivity contribution in [3.05, 3.63) is 18.2 Å². The minimum absolute atomic E-state index is 0.0315. The van der Waals surface area contributed by atoms with Crippen molar-refractivity contribution in [3.8, 4) is 0 Å². The fraction of sp³-hybridized carbons (Fsp3) is 0.636. The maximum atomic E-state index is 11.0. The summed E-state index contributed by atoms with van der Waals surface area (Å²) in [6.07, 6.45) is 3.45. The van der Waals surface area contributed by atoms with Crippen LogP contribution in [0.4, 0.5) is 0 Å². The Hall–Kier alpha value is -1.36. The fourth-order valence-corrected chi connectivity index (χ4v) is 1.69. The third kappa shape index (κ3) is 2.82. The van der Waals surface area contributed by atoms with E-state index in [1.54, 1.807) is 12.5 Å². The molecule has 0 spiro atoms. The van der Waals surface area contributed by atoms with Crippen LogP contribution in [0, 0.1) is 5.92 Å².